The maximum absolute atomic E-state index is 11.8. The number of amides is 1. The van der Waals surface area contributed by atoms with Gasteiger partial charge in [-0.2, -0.15) is 5.10 Å². The Kier molecular flexibility index (Phi) is 5.53. The highest BCUT2D eigenvalue weighted by Crippen LogP contribution is 2.32. The summed E-state index contributed by atoms with van der Waals surface area (Å²) in [5.41, 5.74) is 5.07. The first-order valence-electron chi connectivity index (χ1n) is 8.21. The number of fused-ring (bicyclic) bond motifs is 1. The zero-order valence-corrected chi connectivity index (χ0v) is 14.7. The third-order valence-electron chi connectivity index (χ3n) is 3.72. The van der Waals surface area contributed by atoms with Crippen LogP contribution in [-0.2, 0) is 4.79 Å². The molecule has 1 heterocycles. The Morgan fingerprint density at radius 1 is 1.23 bits per heavy atom. The van der Waals surface area contributed by atoms with E-state index in [2.05, 4.69) is 10.5 Å². The molecule has 134 valence electrons. The minimum Gasteiger partial charge on any atom is -0.483 e. The lowest BCUT2D eigenvalue weighted by atomic mass is 10.2. The SMILES string of the molecule is CC(/C=C/c1ccc2c(c1)OCO2)=N/NC(=O)COc1ccccc1C. The molecule has 0 bridgehead atoms. The van der Waals surface area contributed by atoms with Crippen LogP contribution in [-0.4, -0.2) is 25.0 Å². The van der Waals surface area contributed by atoms with Crippen LogP contribution < -0.4 is 19.6 Å². The van der Waals surface area contributed by atoms with Gasteiger partial charge in [0.1, 0.15) is 5.75 Å². The maximum atomic E-state index is 11.8. The number of carbonyl (C=O) groups excluding carboxylic acids is 1. The highest BCUT2D eigenvalue weighted by Gasteiger charge is 2.12. The van der Waals surface area contributed by atoms with Crippen LogP contribution in [0.4, 0.5) is 0 Å². The number of nitrogens with one attached hydrogen (secondary N) is 1. The summed E-state index contributed by atoms with van der Waals surface area (Å²) in [5, 5.41) is 4.04. The number of aryl methyl sites for hydroxylation is 1. The smallest absolute Gasteiger partial charge is 0.277 e. The van der Waals surface area contributed by atoms with Crippen molar-refractivity contribution in [3.63, 3.8) is 0 Å². The lowest BCUT2D eigenvalue weighted by molar-refractivity contribution is -0.123. The summed E-state index contributed by atoms with van der Waals surface area (Å²) in [6, 6.07) is 13.2. The number of hydrazone groups is 1. The number of hydrogen-bond acceptors (Lipinski definition) is 5. The lowest BCUT2D eigenvalue weighted by Gasteiger charge is -2.07. The number of rotatable bonds is 6. The molecule has 1 N–H and O–H groups in total. The van der Waals surface area contributed by atoms with Crippen molar-refractivity contribution in [3.05, 3.63) is 59.7 Å². The van der Waals surface area contributed by atoms with Gasteiger partial charge in [0.2, 0.25) is 6.79 Å². The van der Waals surface area contributed by atoms with E-state index in [4.69, 9.17) is 14.2 Å². The molecule has 26 heavy (non-hydrogen) atoms. The molecule has 0 saturated heterocycles. The third kappa shape index (κ3) is 4.63. The predicted molar refractivity (Wildman–Crippen MR) is 99.5 cm³/mol. The van der Waals surface area contributed by atoms with Crippen LogP contribution in [0.15, 0.2) is 53.6 Å². The lowest BCUT2D eigenvalue weighted by Crippen LogP contribution is -2.25. The third-order valence-corrected chi connectivity index (χ3v) is 3.72. The average Bonchev–Trinajstić information content (AvgIpc) is 3.12. The zero-order chi connectivity index (χ0) is 18.4. The van der Waals surface area contributed by atoms with Crippen molar-refractivity contribution in [1.29, 1.82) is 0 Å². The van der Waals surface area contributed by atoms with Crippen LogP contribution in [0.2, 0.25) is 0 Å². The van der Waals surface area contributed by atoms with Gasteiger partial charge in [0, 0.05) is 0 Å². The normalized spacial score (nSPS) is 13.1. The zero-order valence-electron chi connectivity index (χ0n) is 14.7. The van der Waals surface area contributed by atoms with Gasteiger partial charge in [-0.05, 0) is 49.2 Å². The quantitative estimate of drug-likeness (QED) is 0.640. The molecular weight excluding hydrogens is 332 g/mol. The van der Waals surface area contributed by atoms with Crippen molar-refractivity contribution in [2.45, 2.75) is 13.8 Å². The van der Waals surface area contributed by atoms with Gasteiger partial charge in [-0.1, -0.05) is 30.3 Å². The van der Waals surface area contributed by atoms with Gasteiger partial charge in [-0.3, -0.25) is 4.79 Å². The van der Waals surface area contributed by atoms with Gasteiger partial charge in [-0.25, -0.2) is 5.43 Å². The summed E-state index contributed by atoms with van der Waals surface area (Å²) in [6.07, 6.45) is 3.69. The fourth-order valence-electron chi connectivity index (χ4n) is 2.32. The van der Waals surface area contributed by atoms with Gasteiger partial charge in [0.25, 0.3) is 5.91 Å². The second kappa shape index (κ2) is 8.20. The van der Waals surface area contributed by atoms with Crippen molar-refractivity contribution in [1.82, 2.24) is 5.43 Å². The molecule has 0 unspecified atom stereocenters. The molecule has 2 aromatic carbocycles. The first-order chi connectivity index (χ1) is 12.6. The monoisotopic (exact) mass is 352 g/mol. The first-order valence-corrected chi connectivity index (χ1v) is 8.21. The molecule has 0 aliphatic carbocycles. The summed E-state index contributed by atoms with van der Waals surface area (Å²) >= 11 is 0. The van der Waals surface area contributed by atoms with E-state index in [1.165, 1.54) is 0 Å². The molecule has 0 atom stereocenters. The highest BCUT2D eigenvalue weighted by molar-refractivity contribution is 5.97. The van der Waals surface area contributed by atoms with Gasteiger partial charge < -0.3 is 14.2 Å². The minimum atomic E-state index is -0.316. The molecule has 0 aromatic heterocycles. The van der Waals surface area contributed by atoms with E-state index in [0.717, 1.165) is 22.6 Å². The molecule has 1 aliphatic heterocycles. The van der Waals surface area contributed by atoms with E-state index >= 15 is 0 Å². The van der Waals surface area contributed by atoms with E-state index in [9.17, 15) is 4.79 Å². The Hall–Kier alpha value is -3.28. The van der Waals surface area contributed by atoms with Crippen molar-refractivity contribution >= 4 is 17.7 Å². The molecule has 6 heteroatoms. The molecular formula is C20H20N2O4. The van der Waals surface area contributed by atoms with Crippen LogP contribution in [0, 0.1) is 6.92 Å². The molecule has 3 rings (SSSR count). The molecule has 1 amide bonds. The van der Waals surface area contributed by atoms with Crippen molar-refractivity contribution in [3.8, 4) is 17.2 Å². The van der Waals surface area contributed by atoms with Crippen molar-refractivity contribution < 1.29 is 19.0 Å². The van der Waals surface area contributed by atoms with E-state index in [-0.39, 0.29) is 19.3 Å². The summed E-state index contributed by atoms with van der Waals surface area (Å²) < 4.78 is 16.1. The maximum Gasteiger partial charge on any atom is 0.277 e. The number of benzene rings is 2. The molecule has 0 radical (unpaired) electrons. The second-order valence-corrected chi connectivity index (χ2v) is 5.79. The number of para-hydroxylation sites is 1. The molecule has 6 nitrogen and oxygen atoms in total. The molecule has 0 saturated carbocycles. The summed E-state index contributed by atoms with van der Waals surface area (Å²) in [5.74, 6) is 1.84. The van der Waals surface area contributed by atoms with Gasteiger partial charge in [0.15, 0.2) is 18.1 Å². The summed E-state index contributed by atoms with van der Waals surface area (Å²) in [7, 11) is 0. The van der Waals surface area contributed by atoms with Crippen molar-refractivity contribution in [2.75, 3.05) is 13.4 Å². The second-order valence-electron chi connectivity index (χ2n) is 5.79. The molecule has 2 aromatic rings. The molecule has 0 fully saturated rings. The van der Waals surface area contributed by atoms with E-state index in [1.54, 1.807) is 13.0 Å². The number of carbonyl (C=O) groups is 1. The van der Waals surface area contributed by atoms with Crippen LogP contribution in [0.3, 0.4) is 0 Å². The Bertz CT molecular complexity index is 859. The average molecular weight is 352 g/mol. The largest absolute Gasteiger partial charge is 0.483 e. The Balaban J connectivity index is 1.50. The Labute approximate surface area is 152 Å². The molecule has 1 aliphatic rings. The standard InChI is InChI=1S/C20H20N2O4/c1-14-5-3-4-6-17(14)24-12-20(23)22-21-15(2)7-8-16-9-10-18-19(11-16)26-13-25-18/h3-11H,12-13H2,1-2H3,(H,22,23)/b8-7+,21-15-. The van der Waals surface area contributed by atoms with Crippen molar-refractivity contribution in [2.24, 2.45) is 5.10 Å². The van der Waals surface area contributed by atoms with Crippen LogP contribution in [0.25, 0.3) is 6.08 Å². The van der Waals surface area contributed by atoms with E-state index in [1.807, 2.05) is 55.5 Å². The van der Waals surface area contributed by atoms with Crippen LogP contribution in [0.1, 0.15) is 18.1 Å². The van der Waals surface area contributed by atoms with Crippen LogP contribution in [0.5, 0.6) is 17.2 Å². The van der Waals surface area contributed by atoms with E-state index in [0.29, 0.717) is 11.5 Å². The summed E-state index contributed by atoms with van der Waals surface area (Å²) in [4.78, 5) is 11.8. The highest BCUT2D eigenvalue weighted by atomic mass is 16.7. The van der Waals surface area contributed by atoms with Gasteiger partial charge in [0.05, 0.1) is 5.71 Å². The predicted octanol–water partition coefficient (Wildman–Crippen LogP) is 3.31. The number of nitrogens with zero attached hydrogens (tertiary/aromatic N) is 1. The fraction of sp³-hybridized carbons (Fsp3) is 0.200. The van der Waals surface area contributed by atoms with Gasteiger partial charge >= 0.3 is 0 Å². The number of hydrogen-bond donors (Lipinski definition) is 1. The number of ether oxygens (including phenoxy) is 3. The Morgan fingerprint density at radius 3 is 2.88 bits per heavy atom. The fourth-order valence-corrected chi connectivity index (χ4v) is 2.32. The summed E-state index contributed by atoms with van der Waals surface area (Å²) in [6.45, 7) is 3.88. The minimum absolute atomic E-state index is 0.0898. The van der Waals surface area contributed by atoms with E-state index < -0.39 is 0 Å². The Morgan fingerprint density at radius 2 is 2.04 bits per heavy atom. The first kappa shape index (κ1) is 17.5. The molecule has 0 spiro atoms. The van der Waals surface area contributed by atoms with Crippen LogP contribution >= 0.6 is 0 Å². The number of allylic oxidation sites excluding steroid dienone is 1. The van der Waals surface area contributed by atoms with Gasteiger partial charge in [-0.15, -0.1) is 0 Å². The topological polar surface area (TPSA) is 69.2 Å².